The van der Waals surface area contributed by atoms with E-state index in [4.69, 9.17) is 12.2 Å². The van der Waals surface area contributed by atoms with Crippen LogP contribution in [-0.4, -0.2) is 15.6 Å². The van der Waals surface area contributed by atoms with Crippen LogP contribution in [0.15, 0.2) is 51.9 Å². The molecule has 0 saturated carbocycles. The second kappa shape index (κ2) is 5.98. The quantitative estimate of drug-likeness (QED) is 0.629. The average Bonchev–Trinajstić information content (AvgIpc) is 3.04. The summed E-state index contributed by atoms with van der Waals surface area (Å²) < 4.78 is 15.7. The number of benzene rings is 2. The van der Waals surface area contributed by atoms with Gasteiger partial charge in [-0.2, -0.15) is 0 Å². The van der Waals surface area contributed by atoms with Crippen molar-refractivity contribution in [1.82, 2.24) is 4.57 Å². The first-order chi connectivity index (χ1) is 12.0. The van der Waals surface area contributed by atoms with Gasteiger partial charge in [-0.3, -0.25) is 9.36 Å². The summed E-state index contributed by atoms with van der Waals surface area (Å²) in [7, 11) is 0. The third-order valence-corrected chi connectivity index (χ3v) is 5.64. The monoisotopic (exact) mass is 434 g/mol. The van der Waals surface area contributed by atoms with E-state index in [2.05, 4.69) is 20.9 Å². The highest BCUT2D eigenvalue weighted by molar-refractivity contribution is 9.10. The zero-order chi connectivity index (χ0) is 17.7. The van der Waals surface area contributed by atoms with Crippen molar-refractivity contribution in [1.29, 1.82) is 0 Å². The highest BCUT2D eigenvalue weighted by Crippen LogP contribution is 2.34. The first kappa shape index (κ1) is 16.3. The molecule has 0 unspecified atom stereocenters. The van der Waals surface area contributed by atoms with Crippen molar-refractivity contribution < 1.29 is 14.3 Å². The molecule has 0 aliphatic carbocycles. The Balaban J connectivity index is 2.00. The largest absolute Gasteiger partial charge is 0.493 e. The molecule has 1 aliphatic rings. The lowest BCUT2D eigenvalue weighted by Crippen LogP contribution is -2.22. The Morgan fingerprint density at radius 2 is 1.92 bits per heavy atom. The van der Waals surface area contributed by atoms with Crippen molar-refractivity contribution in [3.63, 3.8) is 0 Å². The average molecular weight is 435 g/mol. The predicted octanol–water partition coefficient (Wildman–Crippen LogP) is 3.23. The van der Waals surface area contributed by atoms with Gasteiger partial charge in [0.05, 0.1) is 16.6 Å². The van der Waals surface area contributed by atoms with Gasteiger partial charge in [-0.25, -0.2) is 9.38 Å². The third kappa shape index (κ3) is 2.66. The van der Waals surface area contributed by atoms with Gasteiger partial charge in [-0.15, -0.1) is 11.3 Å². The van der Waals surface area contributed by atoms with E-state index in [1.54, 1.807) is 18.2 Å². The minimum atomic E-state index is -0.425. The first-order valence-corrected chi connectivity index (χ1v) is 9.11. The number of halogens is 2. The topological polar surface area (TPSA) is 54.6 Å². The number of amides is 1. The van der Waals surface area contributed by atoms with Crippen molar-refractivity contribution in [3.8, 4) is 11.6 Å². The lowest BCUT2D eigenvalue weighted by molar-refractivity contribution is -0.112. The van der Waals surface area contributed by atoms with Crippen molar-refractivity contribution in [2.75, 3.05) is 0 Å². The second-order valence-electron chi connectivity index (χ2n) is 5.29. The Morgan fingerprint density at radius 3 is 2.64 bits per heavy atom. The number of carbonyl (C=O) groups is 1. The number of hydrogen-bond donors (Lipinski definition) is 1. The number of hydrogen-bond acceptors (Lipinski definition) is 4. The van der Waals surface area contributed by atoms with Gasteiger partial charge in [0.1, 0.15) is 10.7 Å². The molecule has 124 valence electrons. The number of aromatic nitrogens is 1. The zero-order valence-corrected chi connectivity index (χ0v) is 15.6. The highest BCUT2D eigenvalue weighted by Gasteiger charge is 2.25. The molecule has 3 aromatic rings. The predicted molar refractivity (Wildman–Crippen MR) is 98.5 cm³/mol. The first-order valence-electron chi connectivity index (χ1n) is 7.10. The van der Waals surface area contributed by atoms with E-state index in [1.807, 2.05) is 0 Å². The maximum absolute atomic E-state index is 13.1. The smallest absolute Gasteiger partial charge is 0.279 e. The number of carbonyl (C=O) groups excluding carboxylic acids is 1. The molecule has 8 heteroatoms. The van der Waals surface area contributed by atoms with E-state index < -0.39 is 5.91 Å². The van der Waals surface area contributed by atoms with Gasteiger partial charge in [0.25, 0.3) is 5.91 Å². The Labute approximate surface area is 158 Å². The Bertz CT molecular complexity index is 1210. The summed E-state index contributed by atoms with van der Waals surface area (Å²) in [6, 6.07) is 10.9. The summed E-state index contributed by atoms with van der Waals surface area (Å²) in [6.45, 7) is 0. The van der Waals surface area contributed by atoms with Gasteiger partial charge in [0.2, 0.25) is 5.88 Å². The number of nitrogens with zero attached hydrogens (tertiary/aromatic N) is 2. The molecule has 1 aromatic heterocycles. The fourth-order valence-electron chi connectivity index (χ4n) is 2.65. The molecular formula is C17H8BrFN2O2S2. The van der Waals surface area contributed by atoms with Crippen LogP contribution in [0.4, 0.5) is 4.39 Å². The lowest BCUT2D eigenvalue weighted by Gasteiger charge is -2.05. The molecule has 0 fully saturated rings. The summed E-state index contributed by atoms with van der Waals surface area (Å²) in [5.74, 6) is -0.970. The molecule has 0 saturated heterocycles. The van der Waals surface area contributed by atoms with Crippen LogP contribution in [0.5, 0.6) is 5.88 Å². The molecule has 0 bridgehead atoms. The van der Waals surface area contributed by atoms with Crippen LogP contribution in [0, 0.1) is 9.77 Å². The van der Waals surface area contributed by atoms with Crippen LogP contribution in [0.1, 0.15) is 4.88 Å². The van der Waals surface area contributed by atoms with Crippen molar-refractivity contribution in [2.45, 2.75) is 0 Å². The van der Waals surface area contributed by atoms with Crippen LogP contribution in [-0.2, 0) is 4.79 Å². The van der Waals surface area contributed by atoms with Gasteiger partial charge in [-0.1, -0.05) is 15.9 Å². The molecule has 4 rings (SSSR count). The molecule has 0 atom stereocenters. The van der Waals surface area contributed by atoms with Gasteiger partial charge in [0, 0.05) is 9.69 Å². The maximum atomic E-state index is 13.1. The number of thiazole rings is 1. The van der Waals surface area contributed by atoms with E-state index >= 15 is 0 Å². The standard InChI is InChI=1S/C17H8BrFN2O2S2/c18-8-1-6-12-11(7-8)13(15(22)20-12)14-16(23)21(17(24)25-14)10-4-2-9(19)3-5-10/h1-7,23H. The number of aromatic hydroxyl groups is 1. The zero-order valence-electron chi connectivity index (χ0n) is 12.4. The Kier molecular flexibility index (Phi) is 3.90. The number of fused-ring (bicyclic) bond motifs is 1. The van der Waals surface area contributed by atoms with Crippen LogP contribution in [0.3, 0.4) is 0 Å². The summed E-state index contributed by atoms with van der Waals surface area (Å²) in [6.07, 6.45) is 0. The summed E-state index contributed by atoms with van der Waals surface area (Å²) >= 11 is 9.83. The lowest BCUT2D eigenvalue weighted by atomic mass is 10.1. The van der Waals surface area contributed by atoms with Crippen molar-refractivity contribution in [2.24, 2.45) is 4.99 Å². The van der Waals surface area contributed by atoms with Gasteiger partial charge in [-0.05, 0) is 54.7 Å². The maximum Gasteiger partial charge on any atom is 0.279 e. The minimum absolute atomic E-state index is 0.159. The molecular weight excluding hydrogens is 427 g/mol. The van der Waals surface area contributed by atoms with Crippen LogP contribution >= 0.6 is 39.5 Å². The molecule has 25 heavy (non-hydrogen) atoms. The van der Waals surface area contributed by atoms with E-state index in [0.29, 0.717) is 30.7 Å². The van der Waals surface area contributed by atoms with Gasteiger partial charge < -0.3 is 5.11 Å². The molecule has 0 radical (unpaired) electrons. The van der Waals surface area contributed by atoms with E-state index in [1.165, 1.54) is 28.8 Å². The molecule has 1 amide bonds. The van der Waals surface area contributed by atoms with Gasteiger partial charge in [0.15, 0.2) is 3.95 Å². The van der Waals surface area contributed by atoms with Crippen LogP contribution in [0.25, 0.3) is 11.3 Å². The molecule has 0 spiro atoms. The number of rotatable bonds is 2. The van der Waals surface area contributed by atoms with Crippen LogP contribution in [0.2, 0.25) is 0 Å². The fraction of sp³-hybridized carbons (Fsp3) is 0. The molecule has 2 heterocycles. The summed E-state index contributed by atoms with van der Waals surface area (Å²) in [5.41, 5.74) is 0.828. The van der Waals surface area contributed by atoms with Crippen LogP contribution < -0.4 is 10.6 Å². The molecule has 4 nitrogen and oxygen atoms in total. The highest BCUT2D eigenvalue weighted by atomic mass is 79.9. The summed E-state index contributed by atoms with van der Waals surface area (Å²) in [5, 5.41) is 11.9. The summed E-state index contributed by atoms with van der Waals surface area (Å²) in [4.78, 5) is 16.7. The van der Waals surface area contributed by atoms with E-state index in [-0.39, 0.29) is 11.7 Å². The second-order valence-corrected chi connectivity index (χ2v) is 7.85. The normalized spacial score (nSPS) is 13.0. The van der Waals surface area contributed by atoms with E-state index in [9.17, 15) is 14.3 Å². The van der Waals surface area contributed by atoms with Gasteiger partial charge >= 0.3 is 0 Å². The molecule has 1 N–H and O–H groups in total. The Morgan fingerprint density at radius 1 is 1.20 bits per heavy atom. The van der Waals surface area contributed by atoms with Crippen molar-refractivity contribution in [3.05, 3.63) is 72.2 Å². The third-order valence-electron chi connectivity index (χ3n) is 3.76. The Hall–Kier alpha value is -2.16. The van der Waals surface area contributed by atoms with E-state index in [0.717, 1.165) is 15.8 Å². The molecule has 1 aliphatic heterocycles. The fourth-order valence-corrected chi connectivity index (χ4v) is 4.40. The SMILES string of the molecule is O=C1N=c2ccc(Br)cc2=C1c1sc(=S)n(-c2ccc(F)cc2)c1O. The minimum Gasteiger partial charge on any atom is -0.493 e. The van der Waals surface area contributed by atoms with Crippen molar-refractivity contribution >= 4 is 51.0 Å². The molecule has 2 aromatic carbocycles.